The zero-order chi connectivity index (χ0) is 14.5. The van der Waals surface area contributed by atoms with E-state index >= 15 is 0 Å². The highest BCUT2D eigenvalue weighted by Crippen LogP contribution is 2.26. The van der Waals surface area contributed by atoms with Crippen molar-refractivity contribution >= 4 is 5.97 Å². The Labute approximate surface area is 122 Å². The number of carbonyl (C=O) groups excluding carboxylic acids is 1. The third kappa shape index (κ3) is 3.71. The van der Waals surface area contributed by atoms with Crippen LogP contribution in [-0.4, -0.2) is 73.9 Å². The van der Waals surface area contributed by atoms with Gasteiger partial charge < -0.3 is 9.47 Å². The zero-order valence-electron chi connectivity index (χ0n) is 13.0. The van der Waals surface area contributed by atoms with Gasteiger partial charge in [-0.25, -0.2) is 0 Å². The summed E-state index contributed by atoms with van der Waals surface area (Å²) in [7, 11) is 1.47. The van der Waals surface area contributed by atoms with Crippen molar-refractivity contribution in [3.8, 4) is 0 Å². The highest BCUT2D eigenvalue weighted by molar-refractivity contribution is 5.75. The van der Waals surface area contributed by atoms with Crippen LogP contribution in [0.4, 0.5) is 0 Å². The lowest BCUT2D eigenvalue weighted by molar-refractivity contribution is -0.148. The van der Waals surface area contributed by atoms with E-state index < -0.39 is 0 Å². The van der Waals surface area contributed by atoms with Crippen LogP contribution in [0.1, 0.15) is 33.1 Å². The Kier molecular flexibility index (Phi) is 5.81. The SMILES string of the molecule is COC(=O)[C@@H](C)N(CCN1CCOC[C@H]1C)C1CCC1. The maximum Gasteiger partial charge on any atom is 0.322 e. The van der Waals surface area contributed by atoms with Crippen molar-refractivity contribution in [2.75, 3.05) is 40.0 Å². The van der Waals surface area contributed by atoms with Crippen LogP contribution in [-0.2, 0) is 14.3 Å². The summed E-state index contributed by atoms with van der Waals surface area (Å²) in [6.07, 6.45) is 3.70. The molecule has 0 unspecified atom stereocenters. The van der Waals surface area contributed by atoms with Crippen molar-refractivity contribution in [3.05, 3.63) is 0 Å². The van der Waals surface area contributed by atoms with Gasteiger partial charge in [0.05, 0.1) is 20.3 Å². The van der Waals surface area contributed by atoms with Crippen molar-refractivity contribution in [2.24, 2.45) is 0 Å². The molecule has 0 radical (unpaired) electrons. The molecule has 1 aliphatic heterocycles. The van der Waals surface area contributed by atoms with Crippen LogP contribution in [0, 0.1) is 0 Å². The standard InChI is InChI=1S/C15H28N2O3/c1-12-11-20-10-9-16(12)7-8-17(14-5-4-6-14)13(2)15(18)19-3/h12-14H,4-11H2,1-3H3/t12-,13-/m1/s1. The molecule has 5 heteroatoms. The normalized spacial score (nSPS) is 26.3. The monoisotopic (exact) mass is 284 g/mol. The molecule has 0 aromatic heterocycles. The first-order valence-corrected chi connectivity index (χ1v) is 7.79. The summed E-state index contributed by atoms with van der Waals surface area (Å²) in [5.41, 5.74) is 0. The van der Waals surface area contributed by atoms with Gasteiger partial charge in [0.1, 0.15) is 6.04 Å². The van der Waals surface area contributed by atoms with Gasteiger partial charge in [0, 0.05) is 31.7 Å². The number of esters is 1. The Hall–Kier alpha value is -0.650. The molecule has 0 aromatic rings. The molecule has 2 rings (SSSR count). The topological polar surface area (TPSA) is 42.0 Å². The summed E-state index contributed by atoms with van der Waals surface area (Å²) in [5, 5.41) is 0. The summed E-state index contributed by atoms with van der Waals surface area (Å²) in [5.74, 6) is -0.119. The molecule has 1 heterocycles. The first-order valence-electron chi connectivity index (χ1n) is 7.79. The number of morpholine rings is 1. The molecule has 1 aliphatic carbocycles. The number of ether oxygens (including phenoxy) is 2. The zero-order valence-corrected chi connectivity index (χ0v) is 13.0. The van der Waals surface area contributed by atoms with Crippen molar-refractivity contribution in [2.45, 2.75) is 51.2 Å². The largest absolute Gasteiger partial charge is 0.468 e. The van der Waals surface area contributed by atoms with Crippen LogP contribution in [0.25, 0.3) is 0 Å². The van der Waals surface area contributed by atoms with Crippen LogP contribution in [0.3, 0.4) is 0 Å². The molecule has 1 saturated carbocycles. The van der Waals surface area contributed by atoms with Gasteiger partial charge in [-0.2, -0.15) is 0 Å². The van der Waals surface area contributed by atoms with Crippen molar-refractivity contribution in [3.63, 3.8) is 0 Å². The van der Waals surface area contributed by atoms with Crippen LogP contribution in [0.15, 0.2) is 0 Å². The molecule has 5 nitrogen and oxygen atoms in total. The fourth-order valence-electron chi connectivity index (χ4n) is 3.05. The van der Waals surface area contributed by atoms with Crippen LogP contribution in [0.5, 0.6) is 0 Å². The Morgan fingerprint density at radius 3 is 2.80 bits per heavy atom. The van der Waals surface area contributed by atoms with E-state index in [2.05, 4.69) is 16.7 Å². The van der Waals surface area contributed by atoms with Gasteiger partial charge in [-0.15, -0.1) is 0 Å². The third-order valence-corrected chi connectivity index (χ3v) is 4.73. The van der Waals surface area contributed by atoms with E-state index in [1.807, 2.05) is 6.92 Å². The minimum absolute atomic E-state index is 0.119. The van der Waals surface area contributed by atoms with Gasteiger partial charge in [0.25, 0.3) is 0 Å². The Balaban J connectivity index is 1.88. The van der Waals surface area contributed by atoms with Gasteiger partial charge in [-0.1, -0.05) is 6.42 Å². The lowest BCUT2D eigenvalue weighted by Gasteiger charge is -2.42. The summed E-state index contributed by atoms with van der Waals surface area (Å²) in [4.78, 5) is 16.6. The predicted octanol–water partition coefficient (Wildman–Crippen LogP) is 1.12. The average Bonchev–Trinajstić information content (AvgIpc) is 2.41. The van der Waals surface area contributed by atoms with Crippen molar-refractivity contribution < 1.29 is 14.3 Å². The van der Waals surface area contributed by atoms with Crippen molar-refractivity contribution in [1.29, 1.82) is 0 Å². The number of methoxy groups -OCH3 is 1. The van der Waals surface area contributed by atoms with E-state index in [9.17, 15) is 4.79 Å². The molecule has 0 amide bonds. The molecule has 0 N–H and O–H groups in total. The van der Waals surface area contributed by atoms with Gasteiger partial charge in [-0.05, 0) is 26.7 Å². The Morgan fingerprint density at radius 2 is 2.25 bits per heavy atom. The minimum Gasteiger partial charge on any atom is -0.468 e. The lowest BCUT2D eigenvalue weighted by atomic mass is 9.90. The highest BCUT2D eigenvalue weighted by atomic mass is 16.5. The second-order valence-corrected chi connectivity index (χ2v) is 5.98. The van der Waals surface area contributed by atoms with Gasteiger partial charge >= 0.3 is 5.97 Å². The Morgan fingerprint density at radius 1 is 1.50 bits per heavy atom. The van der Waals surface area contributed by atoms with E-state index in [4.69, 9.17) is 9.47 Å². The molecule has 0 bridgehead atoms. The van der Waals surface area contributed by atoms with Gasteiger partial charge in [-0.3, -0.25) is 14.6 Å². The number of rotatable bonds is 6. The van der Waals surface area contributed by atoms with E-state index in [1.54, 1.807) is 0 Å². The van der Waals surface area contributed by atoms with Gasteiger partial charge in [0.2, 0.25) is 0 Å². The molecule has 0 aromatic carbocycles. The maximum atomic E-state index is 11.8. The molecular formula is C15H28N2O3. The quantitative estimate of drug-likeness (QED) is 0.684. The second kappa shape index (κ2) is 7.38. The number of hydrogen-bond donors (Lipinski definition) is 0. The number of carbonyl (C=O) groups is 1. The molecule has 0 spiro atoms. The first-order chi connectivity index (χ1) is 9.63. The summed E-state index contributed by atoms with van der Waals surface area (Å²) < 4.78 is 10.4. The molecule has 2 atom stereocenters. The first kappa shape index (κ1) is 15.7. The van der Waals surface area contributed by atoms with Gasteiger partial charge in [0.15, 0.2) is 0 Å². The molecular weight excluding hydrogens is 256 g/mol. The molecule has 116 valence electrons. The highest BCUT2D eigenvalue weighted by Gasteiger charge is 2.32. The molecule has 2 aliphatic rings. The van der Waals surface area contributed by atoms with Crippen LogP contribution >= 0.6 is 0 Å². The molecule has 20 heavy (non-hydrogen) atoms. The van der Waals surface area contributed by atoms with Crippen LogP contribution in [0.2, 0.25) is 0 Å². The minimum atomic E-state index is -0.137. The molecule has 1 saturated heterocycles. The van der Waals surface area contributed by atoms with E-state index in [0.29, 0.717) is 12.1 Å². The number of nitrogens with zero attached hydrogens (tertiary/aromatic N) is 2. The Bertz CT molecular complexity index is 320. The van der Waals surface area contributed by atoms with Crippen molar-refractivity contribution in [1.82, 2.24) is 9.80 Å². The smallest absolute Gasteiger partial charge is 0.322 e. The summed E-state index contributed by atoms with van der Waals surface area (Å²) >= 11 is 0. The fraction of sp³-hybridized carbons (Fsp3) is 0.933. The predicted molar refractivity (Wildman–Crippen MR) is 77.7 cm³/mol. The average molecular weight is 284 g/mol. The van der Waals surface area contributed by atoms with E-state index in [1.165, 1.54) is 26.4 Å². The summed E-state index contributed by atoms with van der Waals surface area (Å²) in [6.45, 7) is 8.74. The van der Waals surface area contributed by atoms with E-state index in [0.717, 1.165) is 32.8 Å². The maximum absolute atomic E-state index is 11.8. The summed E-state index contributed by atoms with van der Waals surface area (Å²) in [6, 6.07) is 0.891. The molecule has 2 fully saturated rings. The lowest BCUT2D eigenvalue weighted by Crippen LogP contribution is -2.53. The van der Waals surface area contributed by atoms with E-state index in [-0.39, 0.29) is 12.0 Å². The second-order valence-electron chi connectivity index (χ2n) is 5.98. The number of hydrogen-bond acceptors (Lipinski definition) is 5. The third-order valence-electron chi connectivity index (χ3n) is 4.73. The van der Waals surface area contributed by atoms with Crippen LogP contribution < -0.4 is 0 Å². The fourth-order valence-corrected chi connectivity index (χ4v) is 3.05.